The maximum absolute atomic E-state index is 12.6. The Hall–Kier alpha value is -1.74. The van der Waals surface area contributed by atoms with Crippen molar-refractivity contribution >= 4 is 17.5 Å². The van der Waals surface area contributed by atoms with Gasteiger partial charge in [0.2, 0.25) is 0 Å². The maximum Gasteiger partial charge on any atom is 0.253 e. The van der Waals surface area contributed by atoms with E-state index in [0.29, 0.717) is 11.1 Å². The first-order chi connectivity index (χ1) is 10.3. The molecule has 1 unspecified atom stereocenters. The highest BCUT2D eigenvalue weighted by atomic mass is 35.5. The number of rotatable bonds is 4. The van der Waals surface area contributed by atoms with Crippen LogP contribution in [0.1, 0.15) is 60.2 Å². The zero-order valence-electron chi connectivity index (χ0n) is 13.8. The topological polar surface area (TPSA) is 34.0 Å². The van der Waals surface area contributed by atoms with E-state index in [9.17, 15) is 4.79 Å². The van der Waals surface area contributed by atoms with E-state index < -0.39 is 0 Å². The normalized spacial score (nSPS) is 12.5. The van der Waals surface area contributed by atoms with Gasteiger partial charge in [-0.15, -0.1) is 0 Å². The summed E-state index contributed by atoms with van der Waals surface area (Å²) in [6.45, 7) is 10.2. The molecular weight excluding hydrogens is 296 g/mol. The van der Waals surface area contributed by atoms with Crippen LogP contribution in [0.15, 0.2) is 30.3 Å². The number of aromatic nitrogens is 1. The molecule has 0 aliphatic heterocycles. The highest BCUT2D eigenvalue weighted by Gasteiger charge is 2.19. The molecule has 0 fully saturated rings. The second-order valence-electron chi connectivity index (χ2n) is 6.00. The first kappa shape index (κ1) is 16.6. The molecule has 1 aromatic heterocycles. The van der Waals surface area contributed by atoms with Crippen molar-refractivity contribution < 1.29 is 4.79 Å². The summed E-state index contributed by atoms with van der Waals surface area (Å²) in [5.41, 5.74) is 3.84. The van der Waals surface area contributed by atoms with E-state index in [-0.39, 0.29) is 11.9 Å². The van der Waals surface area contributed by atoms with Gasteiger partial charge in [0.25, 0.3) is 5.91 Å². The number of carbonyl (C=O) groups excluding carboxylic acids is 1. The fraction of sp³-hybridized carbons (Fsp3) is 0.389. The summed E-state index contributed by atoms with van der Waals surface area (Å²) in [7, 11) is 0. The lowest BCUT2D eigenvalue weighted by Gasteiger charge is -2.16. The quantitative estimate of drug-likeness (QED) is 0.860. The van der Waals surface area contributed by atoms with E-state index in [0.717, 1.165) is 22.5 Å². The molecule has 1 N–H and O–H groups in total. The van der Waals surface area contributed by atoms with Gasteiger partial charge in [-0.3, -0.25) is 4.79 Å². The van der Waals surface area contributed by atoms with E-state index in [1.54, 1.807) is 0 Å². The smallest absolute Gasteiger partial charge is 0.253 e. The summed E-state index contributed by atoms with van der Waals surface area (Å²) in [5, 5.41) is 3.73. The van der Waals surface area contributed by atoms with E-state index in [1.165, 1.54) is 0 Å². The Morgan fingerprint density at radius 1 is 1.18 bits per heavy atom. The average molecular weight is 319 g/mol. The molecule has 0 spiro atoms. The predicted molar refractivity (Wildman–Crippen MR) is 91.6 cm³/mol. The second kappa shape index (κ2) is 6.57. The fourth-order valence-corrected chi connectivity index (χ4v) is 3.13. The molecule has 1 heterocycles. The van der Waals surface area contributed by atoms with Crippen LogP contribution in [0.4, 0.5) is 0 Å². The van der Waals surface area contributed by atoms with Crippen LogP contribution < -0.4 is 5.32 Å². The molecule has 0 saturated heterocycles. The minimum Gasteiger partial charge on any atom is -0.346 e. The molecule has 1 atom stereocenters. The Morgan fingerprint density at radius 2 is 1.86 bits per heavy atom. The van der Waals surface area contributed by atoms with Crippen molar-refractivity contribution in [2.24, 2.45) is 0 Å². The zero-order chi connectivity index (χ0) is 16.4. The van der Waals surface area contributed by atoms with E-state index in [4.69, 9.17) is 11.6 Å². The molecule has 0 saturated carbocycles. The van der Waals surface area contributed by atoms with Crippen LogP contribution in [0.5, 0.6) is 0 Å². The molecule has 0 aliphatic rings. The molecule has 22 heavy (non-hydrogen) atoms. The minimum atomic E-state index is -0.0895. The average Bonchev–Trinajstić information content (AvgIpc) is 2.73. The molecule has 2 rings (SSSR count). The van der Waals surface area contributed by atoms with Crippen molar-refractivity contribution in [1.82, 2.24) is 9.88 Å². The Labute approximate surface area is 137 Å². The molecule has 1 aromatic carbocycles. The van der Waals surface area contributed by atoms with Crippen molar-refractivity contribution in [1.29, 1.82) is 0 Å². The Balaban J connectivity index is 2.21. The number of hydrogen-bond acceptors (Lipinski definition) is 1. The SMILES string of the molecule is Cc1cc(C(=O)NC(C)c2cccc(Cl)c2)c(C)n1C(C)C. The standard InChI is InChI=1S/C18H23ClN2O/c1-11(2)21-12(3)9-17(14(21)5)18(22)20-13(4)15-7-6-8-16(19)10-15/h6-11,13H,1-5H3,(H,20,22). The summed E-state index contributed by atoms with van der Waals surface area (Å²) >= 11 is 6.01. The molecule has 4 heteroatoms. The van der Waals surface area contributed by atoms with Crippen LogP contribution in [0, 0.1) is 13.8 Å². The number of carbonyl (C=O) groups is 1. The van der Waals surface area contributed by atoms with Gasteiger partial charge in [0.1, 0.15) is 0 Å². The van der Waals surface area contributed by atoms with Gasteiger partial charge in [0, 0.05) is 22.5 Å². The van der Waals surface area contributed by atoms with E-state index in [1.807, 2.05) is 51.1 Å². The van der Waals surface area contributed by atoms with Crippen molar-refractivity contribution in [3.63, 3.8) is 0 Å². The van der Waals surface area contributed by atoms with Gasteiger partial charge in [-0.1, -0.05) is 23.7 Å². The number of aryl methyl sites for hydroxylation is 1. The summed E-state index contributed by atoms with van der Waals surface area (Å²) in [4.78, 5) is 12.6. The van der Waals surface area contributed by atoms with Crippen LogP contribution in [0.25, 0.3) is 0 Å². The third-order valence-corrected chi connectivity index (χ3v) is 4.18. The Bertz CT molecular complexity index is 688. The Kier molecular flexibility index (Phi) is 4.97. The third kappa shape index (κ3) is 3.36. The number of amides is 1. The van der Waals surface area contributed by atoms with Crippen LogP contribution in [-0.4, -0.2) is 10.5 Å². The zero-order valence-corrected chi connectivity index (χ0v) is 14.5. The predicted octanol–water partition coefficient (Wildman–Crippen LogP) is 4.83. The van der Waals surface area contributed by atoms with Crippen LogP contribution in [0.3, 0.4) is 0 Å². The first-order valence-electron chi connectivity index (χ1n) is 7.56. The van der Waals surface area contributed by atoms with Crippen molar-refractivity contribution in [2.45, 2.75) is 46.7 Å². The van der Waals surface area contributed by atoms with Gasteiger partial charge in [0.05, 0.1) is 11.6 Å². The molecule has 118 valence electrons. The fourth-order valence-electron chi connectivity index (χ4n) is 2.94. The summed E-state index contributed by atoms with van der Waals surface area (Å²) in [5.74, 6) is -0.0486. The maximum atomic E-state index is 12.6. The third-order valence-electron chi connectivity index (χ3n) is 3.94. The Morgan fingerprint density at radius 3 is 2.41 bits per heavy atom. The van der Waals surface area contributed by atoms with Gasteiger partial charge < -0.3 is 9.88 Å². The lowest BCUT2D eigenvalue weighted by atomic mass is 10.1. The molecule has 0 radical (unpaired) electrons. The molecule has 2 aromatic rings. The highest BCUT2D eigenvalue weighted by Crippen LogP contribution is 2.22. The minimum absolute atomic E-state index is 0.0486. The number of hydrogen-bond donors (Lipinski definition) is 1. The van der Waals surface area contributed by atoms with E-state index >= 15 is 0 Å². The number of halogens is 1. The largest absolute Gasteiger partial charge is 0.346 e. The molecular formula is C18H23ClN2O. The van der Waals surface area contributed by atoms with Gasteiger partial charge in [-0.2, -0.15) is 0 Å². The number of benzene rings is 1. The first-order valence-corrected chi connectivity index (χ1v) is 7.93. The van der Waals surface area contributed by atoms with Crippen LogP contribution in [0.2, 0.25) is 5.02 Å². The lowest BCUT2D eigenvalue weighted by Crippen LogP contribution is -2.27. The number of nitrogens with zero attached hydrogens (tertiary/aromatic N) is 1. The molecule has 0 aliphatic carbocycles. The number of nitrogens with one attached hydrogen (secondary N) is 1. The van der Waals surface area contributed by atoms with Gasteiger partial charge in [-0.25, -0.2) is 0 Å². The summed E-state index contributed by atoms with van der Waals surface area (Å²) in [6.07, 6.45) is 0. The highest BCUT2D eigenvalue weighted by molar-refractivity contribution is 6.30. The van der Waals surface area contributed by atoms with E-state index in [2.05, 4.69) is 23.7 Å². The van der Waals surface area contributed by atoms with Crippen molar-refractivity contribution in [3.05, 3.63) is 57.9 Å². The van der Waals surface area contributed by atoms with Crippen LogP contribution >= 0.6 is 11.6 Å². The molecule has 1 amide bonds. The second-order valence-corrected chi connectivity index (χ2v) is 6.44. The van der Waals surface area contributed by atoms with Crippen molar-refractivity contribution in [2.75, 3.05) is 0 Å². The van der Waals surface area contributed by atoms with Gasteiger partial charge in [0.15, 0.2) is 0 Å². The molecule has 3 nitrogen and oxygen atoms in total. The van der Waals surface area contributed by atoms with Crippen LogP contribution in [-0.2, 0) is 0 Å². The summed E-state index contributed by atoms with van der Waals surface area (Å²) < 4.78 is 2.18. The molecule has 0 bridgehead atoms. The lowest BCUT2D eigenvalue weighted by molar-refractivity contribution is 0.0939. The van der Waals surface area contributed by atoms with Gasteiger partial charge >= 0.3 is 0 Å². The summed E-state index contributed by atoms with van der Waals surface area (Å²) in [6, 6.07) is 9.77. The van der Waals surface area contributed by atoms with Gasteiger partial charge in [-0.05, 0) is 58.4 Å². The van der Waals surface area contributed by atoms with Crippen molar-refractivity contribution in [3.8, 4) is 0 Å². The monoisotopic (exact) mass is 318 g/mol.